The van der Waals surface area contributed by atoms with Crippen LogP contribution in [0.25, 0.3) is 0 Å². The van der Waals surface area contributed by atoms with Gasteiger partial charge in [0.25, 0.3) is 0 Å². The van der Waals surface area contributed by atoms with Gasteiger partial charge < -0.3 is 4.74 Å². The largest absolute Gasteiger partial charge is 0.383 e. The maximum absolute atomic E-state index is 12.3. The highest BCUT2D eigenvalue weighted by atomic mass is 32.1. The molecule has 18 heavy (non-hydrogen) atoms. The van der Waals surface area contributed by atoms with Gasteiger partial charge in [-0.1, -0.05) is 0 Å². The third-order valence-electron chi connectivity index (χ3n) is 3.33. The maximum Gasteiger partial charge on any atom is 0.177 e. The summed E-state index contributed by atoms with van der Waals surface area (Å²) >= 11 is 1.70. The molecule has 1 aliphatic carbocycles. The molecule has 4 heteroatoms. The van der Waals surface area contributed by atoms with E-state index in [1.807, 2.05) is 13.0 Å². The van der Waals surface area contributed by atoms with Crippen molar-refractivity contribution < 1.29 is 9.53 Å². The Morgan fingerprint density at radius 2 is 2.22 bits per heavy atom. The highest BCUT2D eigenvalue weighted by Gasteiger charge is 2.30. The zero-order chi connectivity index (χ0) is 13.1. The van der Waals surface area contributed by atoms with E-state index in [0.29, 0.717) is 19.2 Å². The van der Waals surface area contributed by atoms with E-state index in [-0.39, 0.29) is 5.78 Å². The van der Waals surface area contributed by atoms with Crippen LogP contribution < -0.4 is 0 Å². The monoisotopic (exact) mass is 267 g/mol. The highest BCUT2D eigenvalue weighted by molar-refractivity contribution is 7.12. The standard InChI is InChI=1S/C14H21NO2S/c1-10-8-13(11(2)18-10)14(16)9-15(6-7-17-3)12-4-5-12/h8,12H,4-7,9H2,1-3H3. The first kappa shape index (κ1) is 13.7. The third kappa shape index (κ3) is 3.40. The number of rotatable bonds is 7. The van der Waals surface area contributed by atoms with Crippen LogP contribution in [0.4, 0.5) is 0 Å². The van der Waals surface area contributed by atoms with Gasteiger partial charge in [0, 0.05) is 35.0 Å². The molecule has 1 aromatic rings. The van der Waals surface area contributed by atoms with Crippen molar-refractivity contribution in [3.05, 3.63) is 21.4 Å². The summed E-state index contributed by atoms with van der Waals surface area (Å²) in [6, 6.07) is 2.62. The quantitative estimate of drug-likeness (QED) is 0.711. The molecule has 0 unspecified atom stereocenters. The number of methoxy groups -OCH3 is 1. The Labute approximate surface area is 113 Å². The third-order valence-corrected chi connectivity index (χ3v) is 4.30. The Morgan fingerprint density at radius 3 is 2.72 bits per heavy atom. The lowest BCUT2D eigenvalue weighted by Gasteiger charge is -2.20. The predicted molar refractivity (Wildman–Crippen MR) is 74.6 cm³/mol. The van der Waals surface area contributed by atoms with Gasteiger partial charge in [0.05, 0.1) is 13.2 Å². The molecule has 1 fully saturated rings. The smallest absolute Gasteiger partial charge is 0.177 e. The second kappa shape index (κ2) is 5.95. The molecule has 2 rings (SSSR count). The van der Waals surface area contributed by atoms with Crippen LogP contribution in [0.1, 0.15) is 33.0 Å². The first-order valence-electron chi connectivity index (χ1n) is 6.45. The van der Waals surface area contributed by atoms with Crippen molar-refractivity contribution in [3.8, 4) is 0 Å². The number of Topliss-reactive ketones (excluding diaryl/α,β-unsaturated/α-hetero) is 1. The number of aryl methyl sites for hydroxylation is 2. The Morgan fingerprint density at radius 1 is 1.50 bits per heavy atom. The summed E-state index contributed by atoms with van der Waals surface area (Å²) in [7, 11) is 1.71. The fourth-order valence-electron chi connectivity index (χ4n) is 2.22. The van der Waals surface area contributed by atoms with Crippen LogP contribution in [0, 0.1) is 13.8 Å². The number of thiophene rings is 1. The fraction of sp³-hybridized carbons (Fsp3) is 0.643. The maximum atomic E-state index is 12.3. The minimum Gasteiger partial charge on any atom is -0.383 e. The van der Waals surface area contributed by atoms with Crippen molar-refractivity contribution in [1.82, 2.24) is 4.90 Å². The average molecular weight is 267 g/mol. The number of carbonyl (C=O) groups excluding carboxylic acids is 1. The lowest BCUT2D eigenvalue weighted by Crippen LogP contribution is -2.34. The minimum absolute atomic E-state index is 0.250. The fourth-order valence-corrected chi connectivity index (χ4v) is 3.16. The number of carbonyl (C=O) groups is 1. The van der Waals surface area contributed by atoms with Gasteiger partial charge >= 0.3 is 0 Å². The van der Waals surface area contributed by atoms with Crippen LogP contribution in [-0.2, 0) is 4.74 Å². The Kier molecular flexibility index (Phi) is 4.54. The SMILES string of the molecule is COCCN(CC(=O)c1cc(C)sc1C)C1CC1. The van der Waals surface area contributed by atoms with Crippen molar-refractivity contribution in [1.29, 1.82) is 0 Å². The summed E-state index contributed by atoms with van der Waals surface area (Å²) in [6.45, 7) is 6.17. The molecule has 0 amide bonds. The molecule has 0 radical (unpaired) electrons. The van der Waals surface area contributed by atoms with Gasteiger partial charge in [-0.3, -0.25) is 9.69 Å². The van der Waals surface area contributed by atoms with Crippen molar-refractivity contribution in [3.63, 3.8) is 0 Å². The molecule has 0 bridgehead atoms. The number of nitrogens with zero attached hydrogens (tertiary/aromatic N) is 1. The molecule has 1 aromatic heterocycles. The van der Waals surface area contributed by atoms with Crippen LogP contribution in [0.3, 0.4) is 0 Å². The van der Waals surface area contributed by atoms with Crippen molar-refractivity contribution in [2.24, 2.45) is 0 Å². The van der Waals surface area contributed by atoms with Gasteiger partial charge in [-0.15, -0.1) is 11.3 Å². The molecule has 0 spiro atoms. The molecule has 1 heterocycles. The number of hydrogen-bond acceptors (Lipinski definition) is 4. The number of hydrogen-bond donors (Lipinski definition) is 0. The van der Waals surface area contributed by atoms with E-state index in [1.165, 1.54) is 17.7 Å². The lowest BCUT2D eigenvalue weighted by molar-refractivity contribution is 0.0885. The van der Waals surface area contributed by atoms with Crippen LogP contribution >= 0.6 is 11.3 Å². The lowest BCUT2D eigenvalue weighted by atomic mass is 10.1. The average Bonchev–Trinajstić information content (AvgIpc) is 3.10. The van der Waals surface area contributed by atoms with Crippen molar-refractivity contribution in [2.45, 2.75) is 32.7 Å². The summed E-state index contributed by atoms with van der Waals surface area (Å²) in [5.41, 5.74) is 0.903. The topological polar surface area (TPSA) is 29.5 Å². The van der Waals surface area contributed by atoms with Gasteiger partial charge in [-0.25, -0.2) is 0 Å². The molecule has 1 saturated carbocycles. The van der Waals surface area contributed by atoms with Crippen molar-refractivity contribution >= 4 is 17.1 Å². The summed E-state index contributed by atoms with van der Waals surface area (Å²) in [6.07, 6.45) is 2.44. The van der Waals surface area contributed by atoms with E-state index in [9.17, 15) is 4.79 Å². The first-order chi connectivity index (χ1) is 8.61. The summed E-state index contributed by atoms with van der Waals surface area (Å²) in [5.74, 6) is 0.250. The highest BCUT2D eigenvalue weighted by Crippen LogP contribution is 2.27. The second-order valence-corrected chi connectivity index (χ2v) is 6.40. The molecular formula is C14H21NO2S. The van der Waals surface area contributed by atoms with Crippen LogP contribution in [0.2, 0.25) is 0 Å². The van der Waals surface area contributed by atoms with Gasteiger partial charge in [0.15, 0.2) is 5.78 Å². The molecule has 0 aliphatic heterocycles. The summed E-state index contributed by atoms with van der Waals surface area (Å²) < 4.78 is 5.11. The molecule has 100 valence electrons. The zero-order valence-corrected chi connectivity index (χ0v) is 12.2. The normalized spacial score (nSPS) is 15.3. The first-order valence-corrected chi connectivity index (χ1v) is 7.26. The van der Waals surface area contributed by atoms with E-state index in [0.717, 1.165) is 17.0 Å². The molecule has 0 N–H and O–H groups in total. The molecule has 0 saturated heterocycles. The van der Waals surface area contributed by atoms with E-state index in [1.54, 1.807) is 18.4 Å². The van der Waals surface area contributed by atoms with E-state index < -0.39 is 0 Å². The molecule has 0 aromatic carbocycles. The summed E-state index contributed by atoms with van der Waals surface area (Å²) in [5, 5.41) is 0. The van der Waals surface area contributed by atoms with Crippen LogP contribution in [0.15, 0.2) is 6.07 Å². The van der Waals surface area contributed by atoms with Gasteiger partial charge in [0.2, 0.25) is 0 Å². The zero-order valence-electron chi connectivity index (χ0n) is 11.4. The van der Waals surface area contributed by atoms with E-state index in [2.05, 4.69) is 11.8 Å². The minimum atomic E-state index is 0.250. The van der Waals surface area contributed by atoms with Crippen molar-refractivity contribution in [2.75, 3.05) is 26.8 Å². The Hall–Kier alpha value is -0.710. The van der Waals surface area contributed by atoms with Crippen LogP contribution in [0.5, 0.6) is 0 Å². The number of ketones is 1. The molecule has 1 aliphatic rings. The van der Waals surface area contributed by atoms with Gasteiger partial charge in [-0.05, 0) is 32.8 Å². The van der Waals surface area contributed by atoms with Crippen LogP contribution in [-0.4, -0.2) is 43.5 Å². The Balaban J connectivity index is 1.98. The second-order valence-electron chi connectivity index (χ2n) is 4.94. The van der Waals surface area contributed by atoms with Gasteiger partial charge in [-0.2, -0.15) is 0 Å². The molecule has 0 atom stereocenters. The predicted octanol–water partition coefficient (Wildman–Crippen LogP) is 2.66. The summed E-state index contributed by atoms with van der Waals surface area (Å²) in [4.78, 5) is 16.9. The number of ether oxygens (including phenoxy) is 1. The molecular weight excluding hydrogens is 246 g/mol. The molecule has 3 nitrogen and oxygen atoms in total. The van der Waals surface area contributed by atoms with E-state index in [4.69, 9.17) is 4.74 Å². The van der Waals surface area contributed by atoms with Gasteiger partial charge in [0.1, 0.15) is 0 Å². The Bertz CT molecular complexity index is 423. The van der Waals surface area contributed by atoms with E-state index >= 15 is 0 Å².